The number of anilines is 1. The third-order valence-electron chi connectivity index (χ3n) is 3.41. The van der Waals surface area contributed by atoms with Gasteiger partial charge in [-0.15, -0.1) is 0 Å². The number of aliphatic carboxylic acids is 1. The molecule has 0 atom stereocenters. The van der Waals surface area contributed by atoms with Gasteiger partial charge in [-0.3, -0.25) is 14.6 Å². The van der Waals surface area contributed by atoms with Crippen molar-refractivity contribution in [3.63, 3.8) is 0 Å². The second-order valence-corrected chi connectivity index (χ2v) is 4.26. The van der Waals surface area contributed by atoms with Crippen molar-refractivity contribution in [3.05, 3.63) is 45.3 Å². The summed E-state index contributed by atoms with van der Waals surface area (Å²) in [5.41, 5.74) is 0.491. The Bertz CT molecular complexity index is 501. The molecule has 0 radical (unpaired) electrons. The van der Waals surface area contributed by atoms with Crippen LogP contribution >= 0.6 is 0 Å². The number of carboxylic acid groups (broad SMARTS) is 1. The van der Waals surface area contributed by atoms with Crippen molar-refractivity contribution in [1.82, 2.24) is 4.98 Å². The smallest absolute Gasteiger partial charge is 0.480 e. The molecule has 0 aliphatic carbocycles. The quantitative estimate of drug-likeness (QED) is 0.839. The number of carbonyl (C=O) groups is 2. The van der Waals surface area contributed by atoms with Crippen LogP contribution in [0.25, 0.3) is 0 Å². The fourth-order valence-corrected chi connectivity index (χ4v) is 2.37. The van der Waals surface area contributed by atoms with Crippen molar-refractivity contribution in [2.45, 2.75) is 18.3 Å². The maximum atomic E-state index is 12.4. The first-order valence-corrected chi connectivity index (χ1v) is 5.63. The molecule has 1 N–H and O–H groups in total. The number of amides is 1. The molecular formula is C14H17N2O3Y. The van der Waals surface area contributed by atoms with E-state index in [9.17, 15) is 9.59 Å². The molecule has 6 heteroatoms. The van der Waals surface area contributed by atoms with E-state index in [1.807, 2.05) is 0 Å². The molecule has 5 nitrogen and oxygen atoms in total. The fraction of sp³-hybridized carbons (Fsp3) is 0.286. The van der Waals surface area contributed by atoms with Gasteiger partial charge in [-0.05, 0) is 6.07 Å². The summed E-state index contributed by atoms with van der Waals surface area (Å²) in [5, 5.41) is 8.89. The van der Waals surface area contributed by atoms with Crippen LogP contribution in [0.3, 0.4) is 0 Å². The van der Waals surface area contributed by atoms with Gasteiger partial charge in [-0.2, -0.15) is 12.8 Å². The summed E-state index contributed by atoms with van der Waals surface area (Å²) < 4.78 is 0. The molecule has 0 bridgehead atoms. The van der Waals surface area contributed by atoms with E-state index >= 15 is 0 Å². The van der Waals surface area contributed by atoms with Crippen LogP contribution in [0.2, 0.25) is 0 Å². The van der Waals surface area contributed by atoms with Crippen LogP contribution in [0.1, 0.15) is 18.4 Å². The molecule has 0 saturated heterocycles. The number of nitrogens with zero attached hydrogens (tertiary/aromatic N) is 2. The van der Waals surface area contributed by atoms with E-state index in [-0.39, 0.29) is 52.6 Å². The Morgan fingerprint density at radius 2 is 2.00 bits per heavy atom. The fourth-order valence-electron chi connectivity index (χ4n) is 2.37. The van der Waals surface area contributed by atoms with Gasteiger partial charge in [-0.1, -0.05) is 0 Å². The van der Waals surface area contributed by atoms with Crippen molar-refractivity contribution in [1.29, 1.82) is 0 Å². The van der Waals surface area contributed by atoms with Gasteiger partial charge < -0.3 is 31.3 Å². The Labute approximate surface area is 144 Å². The Morgan fingerprint density at radius 3 is 2.50 bits per heavy atom. The van der Waals surface area contributed by atoms with Crippen molar-refractivity contribution >= 4 is 17.6 Å². The summed E-state index contributed by atoms with van der Waals surface area (Å²) in [4.78, 5) is 28.6. The summed E-state index contributed by atoms with van der Waals surface area (Å²) in [5.74, 6) is -1.30. The van der Waals surface area contributed by atoms with Gasteiger partial charge in [0.05, 0.1) is 5.69 Å². The van der Waals surface area contributed by atoms with Gasteiger partial charge in [0.15, 0.2) is 0 Å². The first-order chi connectivity index (χ1) is 8.56. The summed E-state index contributed by atoms with van der Waals surface area (Å²) in [6.07, 6.45) is 3.82. The van der Waals surface area contributed by atoms with Crippen LogP contribution in [0.5, 0.6) is 0 Å². The normalized spacial score (nSPS) is 15.1. The van der Waals surface area contributed by atoms with E-state index in [1.54, 1.807) is 18.5 Å². The summed E-state index contributed by atoms with van der Waals surface area (Å²) in [6, 6.07) is 1.66. The zero-order chi connectivity index (χ0) is 13.3. The second-order valence-electron chi connectivity index (χ2n) is 4.26. The van der Waals surface area contributed by atoms with Crippen molar-refractivity contribution in [3.8, 4) is 0 Å². The van der Waals surface area contributed by atoms with E-state index in [0.29, 0.717) is 18.5 Å². The zero-order valence-electron chi connectivity index (χ0n) is 11.5. The third kappa shape index (κ3) is 2.79. The first kappa shape index (κ1) is 19.2. The number of carboxylic acids is 1. The molecule has 104 valence electrons. The van der Waals surface area contributed by atoms with E-state index in [0.717, 1.165) is 5.56 Å². The van der Waals surface area contributed by atoms with Crippen molar-refractivity contribution < 1.29 is 47.4 Å². The van der Waals surface area contributed by atoms with Gasteiger partial charge in [0.1, 0.15) is 6.54 Å². The Balaban J connectivity index is 0.00000180. The molecule has 0 saturated carbocycles. The molecule has 0 aromatic carbocycles. The Morgan fingerprint density at radius 1 is 1.40 bits per heavy atom. The average molecular weight is 350 g/mol. The molecule has 1 aliphatic heterocycles. The third-order valence-corrected chi connectivity index (χ3v) is 3.41. The van der Waals surface area contributed by atoms with Gasteiger partial charge in [0.2, 0.25) is 5.91 Å². The second kappa shape index (κ2) is 7.27. The minimum atomic E-state index is -1.05. The molecule has 1 aliphatic rings. The maximum absolute atomic E-state index is 12.4. The molecular weight excluding hydrogens is 333 g/mol. The van der Waals surface area contributed by atoms with Crippen LogP contribution in [0, 0.1) is 21.3 Å². The van der Waals surface area contributed by atoms with Gasteiger partial charge in [0.25, 0.3) is 0 Å². The largest absolute Gasteiger partial charge is 3.00 e. The summed E-state index contributed by atoms with van der Waals surface area (Å²) in [7, 11) is 0. The maximum Gasteiger partial charge on any atom is 3.00 e. The van der Waals surface area contributed by atoms with Crippen LogP contribution in [0.4, 0.5) is 5.69 Å². The van der Waals surface area contributed by atoms with Gasteiger partial charge in [-0.25, -0.2) is 0 Å². The molecule has 0 fully saturated rings. The molecule has 1 aromatic heterocycles. The topological polar surface area (TPSA) is 70.5 Å². The Hall–Kier alpha value is -0.806. The van der Waals surface area contributed by atoms with Crippen LogP contribution in [-0.4, -0.2) is 28.5 Å². The molecule has 2 rings (SSSR count). The van der Waals surface area contributed by atoms with E-state index in [1.165, 1.54) is 4.90 Å². The predicted molar refractivity (Wildman–Crippen MR) is 72.3 cm³/mol. The standard InChI is InChI=1S/C13H14N2O3.CH3.Y/c1-3-13(4-2)9-7-14-6-5-10(9)15(12(13)18)8-11(16)17;;/h5-7H,1-4,8H2,(H,16,17);1H3;/q-2;-1;+3. The SMILES string of the molecule is [CH2-]CC1(C[CH2-])C(=O)N(CC(=O)O)c2ccncc21.[CH3-].[Y+3]. The number of carbonyl (C=O) groups excluding carboxylic acids is 1. The molecule has 0 unspecified atom stereocenters. The number of hydrogen-bond donors (Lipinski definition) is 1. The summed E-state index contributed by atoms with van der Waals surface area (Å²) >= 11 is 0. The number of rotatable bonds is 4. The van der Waals surface area contributed by atoms with Gasteiger partial charge in [0, 0.05) is 23.4 Å². The van der Waals surface area contributed by atoms with Crippen molar-refractivity contribution in [2.24, 2.45) is 0 Å². The van der Waals surface area contributed by atoms with Crippen LogP contribution in [0.15, 0.2) is 18.5 Å². The molecule has 20 heavy (non-hydrogen) atoms. The molecule has 0 spiro atoms. The summed E-state index contributed by atoms with van der Waals surface area (Å²) in [6.45, 7) is 7.27. The molecule has 1 amide bonds. The van der Waals surface area contributed by atoms with Crippen LogP contribution in [-0.2, 0) is 47.7 Å². The minimum Gasteiger partial charge on any atom is -0.480 e. The predicted octanol–water partition coefficient (Wildman–Crippen LogP) is 1.65. The van der Waals surface area contributed by atoms with Crippen molar-refractivity contribution in [2.75, 3.05) is 11.4 Å². The van der Waals surface area contributed by atoms with E-state index in [4.69, 9.17) is 5.11 Å². The monoisotopic (exact) mass is 350 g/mol. The number of hydrogen-bond acceptors (Lipinski definition) is 3. The number of fused-ring (bicyclic) bond motifs is 1. The molecule has 1 aromatic rings. The number of pyridine rings is 1. The minimum absolute atomic E-state index is 0. The van der Waals surface area contributed by atoms with Crippen LogP contribution < -0.4 is 4.90 Å². The first-order valence-electron chi connectivity index (χ1n) is 5.63. The molecule has 2 heterocycles. The van der Waals surface area contributed by atoms with E-state index < -0.39 is 11.4 Å². The van der Waals surface area contributed by atoms with E-state index in [2.05, 4.69) is 18.8 Å². The number of aromatic nitrogens is 1. The zero-order valence-corrected chi connectivity index (χ0v) is 14.3. The van der Waals surface area contributed by atoms with Gasteiger partial charge >= 0.3 is 38.7 Å². The average Bonchev–Trinajstić information content (AvgIpc) is 2.60. The Kier molecular flexibility index (Phi) is 6.98.